The normalized spacial score (nSPS) is 10.4. The second-order valence-corrected chi connectivity index (χ2v) is 7.02. The van der Waals surface area contributed by atoms with Gasteiger partial charge in [-0.05, 0) is 27.7 Å². The summed E-state index contributed by atoms with van der Waals surface area (Å²) in [4.78, 5) is 70.9. The van der Waals surface area contributed by atoms with Gasteiger partial charge in [-0.15, -0.1) is 0 Å². The molecule has 0 bridgehead atoms. The molecule has 0 aliphatic carbocycles. The SMILES string of the molecule is CC(=O)c1c(NNC(=O)CNNCC(=O)NNc2oc(C)cc(=O)c2C(C)=O)oc(C)cc1=O. The third-order valence-corrected chi connectivity index (χ3v) is 4.10. The number of rotatable bonds is 11. The van der Waals surface area contributed by atoms with Gasteiger partial charge in [0.2, 0.25) is 11.8 Å². The van der Waals surface area contributed by atoms with Gasteiger partial charge in [0, 0.05) is 12.1 Å². The number of ketones is 2. The molecule has 2 rings (SSSR count). The molecule has 182 valence electrons. The first-order valence-corrected chi connectivity index (χ1v) is 9.86. The molecule has 0 fully saturated rings. The van der Waals surface area contributed by atoms with E-state index in [-0.39, 0.29) is 47.5 Å². The molecular formula is C20H24N6O8. The molecule has 0 atom stereocenters. The maximum Gasteiger partial charge on any atom is 0.253 e. The molecule has 0 aliphatic heterocycles. The van der Waals surface area contributed by atoms with E-state index in [0.29, 0.717) is 0 Å². The van der Waals surface area contributed by atoms with E-state index in [0.717, 1.165) is 12.1 Å². The standard InChI is InChI=1S/C20H24N6O8/c1-9-5-13(29)17(11(3)27)19(33-9)25-23-15(31)7-21-22-8-16(32)24-26-20-18(12(4)28)14(30)6-10(2)34-20/h5-6,21-22,25-26H,7-8H2,1-4H3,(H,23,31)(H,24,32). The van der Waals surface area contributed by atoms with Crippen molar-refractivity contribution in [2.75, 3.05) is 23.9 Å². The van der Waals surface area contributed by atoms with Crippen LogP contribution < -0.4 is 43.4 Å². The monoisotopic (exact) mass is 476 g/mol. The first-order valence-electron chi connectivity index (χ1n) is 9.86. The summed E-state index contributed by atoms with van der Waals surface area (Å²) in [5, 5.41) is 0. The molecule has 0 aromatic carbocycles. The first kappa shape index (κ1) is 26.0. The number of hydrogen-bond donors (Lipinski definition) is 6. The van der Waals surface area contributed by atoms with Gasteiger partial charge in [0.1, 0.15) is 22.6 Å². The van der Waals surface area contributed by atoms with Crippen LogP contribution >= 0.6 is 0 Å². The Morgan fingerprint density at radius 2 is 1.06 bits per heavy atom. The van der Waals surface area contributed by atoms with E-state index in [4.69, 9.17) is 8.83 Å². The van der Waals surface area contributed by atoms with Crippen LogP contribution in [0.5, 0.6) is 0 Å². The number of Topliss-reactive ketones (excluding diaryl/α,β-unsaturated/α-hetero) is 2. The van der Waals surface area contributed by atoms with Crippen molar-refractivity contribution in [1.29, 1.82) is 0 Å². The van der Waals surface area contributed by atoms with E-state index in [1.54, 1.807) is 0 Å². The molecule has 6 N–H and O–H groups in total. The van der Waals surface area contributed by atoms with E-state index in [1.165, 1.54) is 27.7 Å². The molecule has 2 aromatic rings. The zero-order valence-electron chi connectivity index (χ0n) is 18.8. The fraction of sp³-hybridized carbons (Fsp3) is 0.300. The third-order valence-electron chi connectivity index (χ3n) is 4.10. The predicted molar refractivity (Wildman–Crippen MR) is 119 cm³/mol. The smallest absolute Gasteiger partial charge is 0.253 e. The van der Waals surface area contributed by atoms with Crippen LogP contribution in [0, 0.1) is 13.8 Å². The lowest BCUT2D eigenvalue weighted by Gasteiger charge is -2.12. The summed E-state index contributed by atoms with van der Waals surface area (Å²) >= 11 is 0. The summed E-state index contributed by atoms with van der Waals surface area (Å²) in [7, 11) is 0. The van der Waals surface area contributed by atoms with Gasteiger partial charge in [-0.25, -0.2) is 10.9 Å². The molecule has 0 spiro atoms. The van der Waals surface area contributed by atoms with Crippen LogP contribution in [-0.4, -0.2) is 36.5 Å². The summed E-state index contributed by atoms with van der Waals surface area (Å²) in [6.07, 6.45) is 0. The molecular weight excluding hydrogens is 452 g/mol. The van der Waals surface area contributed by atoms with Crippen molar-refractivity contribution in [3.8, 4) is 0 Å². The van der Waals surface area contributed by atoms with Gasteiger partial charge in [0.15, 0.2) is 22.4 Å². The van der Waals surface area contributed by atoms with Crippen LogP contribution in [0.2, 0.25) is 0 Å². The van der Waals surface area contributed by atoms with E-state index in [9.17, 15) is 28.8 Å². The van der Waals surface area contributed by atoms with Crippen molar-refractivity contribution in [1.82, 2.24) is 21.7 Å². The van der Waals surface area contributed by atoms with E-state index < -0.39 is 34.2 Å². The topological polar surface area (TPSA) is 201 Å². The average molecular weight is 476 g/mol. The second kappa shape index (κ2) is 11.5. The number of nitrogens with one attached hydrogen (secondary N) is 6. The molecule has 0 aliphatic rings. The maximum atomic E-state index is 11.9. The largest absolute Gasteiger partial charge is 0.443 e. The fourth-order valence-corrected chi connectivity index (χ4v) is 2.69. The number of aryl methyl sites for hydroxylation is 2. The Bertz CT molecular complexity index is 1140. The van der Waals surface area contributed by atoms with Crippen LogP contribution in [0.3, 0.4) is 0 Å². The van der Waals surface area contributed by atoms with Crippen molar-refractivity contribution < 1.29 is 28.0 Å². The minimum Gasteiger partial charge on any atom is -0.443 e. The second-order valence-electron chi connectivity index (χ2n) is 7.02. The van der Waals surface area contributed by atoms with Crippen LogP contribution in [-0.2, 0) is 9.59 Å². The Balaban J connectivity index is 1.79. The molecule has 0 radical (unpaired) electrons. The van der Waals surface area contributed by atoms with Gasteiger partial charge < -0.3 is 8.83 Å². The molecule has 14 nitrogen and oxygen atoms in total. The predicted octanol–water partition coefficient (Wildman–Crippen LogP) is -0.704. The van der Waals surface area contributed by atoms with E-state index >= 15 is 0 Å². The summed E-state index contributed by atoms with van der Waals surface area (Å²) in [6, 6.07) is 2.31. The van der Waals surface area contributed by atoms with Gasteiger partial charge >= 0.3 is 0 Å². The number of amides is 2. The van der Waals surface area contributed by atoms with Crippen molar-refractivity contribution in [3.05, 3.63) is 55.2 Å². The molecule has 0 saturated carbocycles. The number of carbonyl (C=O) groups excluding carboxylic acids is 4. The van der Waals surface area contributed by atoms with Gasteiger partial charge in [-0.2, -0.15) is 0 Å². The lowest BCUT2D eigenvalue weighted by molar-refractivity contribution is -0.121. The molecule has 2 heterocycles. The minimum atomic E-state index is -0.614. The maximum absolute atomic E-state index is 11.9. The fourth-order valence-electron chi connectivity index (χ4n) is 2.69. The summed E-state index contributed by atoms with van der Waals surface area (Å²) in [5.41, 5.74) is 12.6. The number of carbonyl (C=O) groups is 4. The number of hydrazine groups is 3. The van der Waals surface area contributed by atoms with Crippen LogP contribution in [0.15, 0.2) is 30.6 Å². The zero-order valence-corrected chi connectivity index (χ0v) is 18.8. The Morgan fingerprint density at radius 3 is 1.38 bits per heavy atom. The molecule has 2 aromatic heterocycles. The minimum absolute atomic E-state index is 0.197. The van der Waals surface area contributed by atoms with Gasteiger partial charge in [-0.3, -0.25) is 50.5 Å². The highest BCUT2D eigenvalue weighted by Crippen LogP contribution is 2.14. The highest BCUT2D eigenvalue weighted by molar-refractivity contribution is 5.99. The highest BCUT2D eigenvalue weighted by atomic mass is 16.4. The van der Waals surface area contributed by atoms with Crippen molar-refractivity contribution in [2.24, 2.45) is 0 Å². The Labute approximate surface area is 192 Å². The third kappa shape index (κ3) is 7.11. The summed E-state index contributed by atoms with van der Waals surface area (Å²) in [5.74, 6) is -2.21. The zero-order chi connectivity index (χ0) is 25.4. The van der Waals surface area contributed by atoms with Crippen molar-refractivity contribution in [2.45, 2.75) is 27.7 Å². The van der Waals surface area contributed by atoms with Crippen molar-refractivity contribution in [3.63, 3.8) is 0 Å². The van der Waals surface area contributed by atoms with Crippen LogP contribution in [0.25, 0.3) is 0 Å². The quantitative estimate of drug-likeness (QED) is 0.135. The Morgan fingerprint density at radius 1 is 0.706 bits per heavy atom. The molecule has 34 heavy (non-hydrogen) atoms. The number of hydrogen-bond acceptors (Lipinski definition) is 12. The lowest BCUT2D eigenvalue weighted by Crippen LogP contribution is -2.47. The molecule has 0 unspecified atom stereocenters. The van der Waals surface area contributed by atoms with Gasteiger partial charge in [0.05, 0.1) is 13.1 Å². The summed E-state index contributed by atoms with van der Waals surface area (Å²) < 4.78 is 10.5. The van der Waals surface area contributed by atoms with E-state index in [2.05, 4.69) is 32.6 Å². The van der Waals surface area contributed by atoms with E-state index in [1.807, 2.05) is 0 Å². The van der Waals surface area contributed by atoms with Crippen molar-refractivity contribution >= 4 is 35.1 Å². The van der Waals surface area contributed by atoms with Crippen LogP contribution in [0.1, 0.15) is 46.1 Å². The molecule has 0 saturated heterocycles. The summed E-state index contributed by atoms with van der Waals surface area (Å²) in [6.45, 7) is 4.79. The Kier molecular flexibility index (Phi) is 8.80. The van der Waals surface area contributed by atoms with Crippen LogP contribution in [0.4, 0.5) is 11.8 Å². The Hall–Kier alpha value is -4.30. The molecule has 2 amide bonds. The number of anilines is 2. The highest BCUT2D eigenvalue weighted by Gasteiger charge is 2.17. The molecule has 14 heteroatoms. The first-order chi connectivity index (χ1) is 16.0. The van der Waals surface area contributed by atoms with Gasteiger partial charge in [-0.1, -0.05) is 0 Å². The average Bonchev–Trinajstić information content (AvgIpc) is 2.72. The van der Waals surface area contributed by atoms with Gasteiger partial charge in [0.25, 0.3) is 11.8 Å². The lowest BCUT2D eigenvalue weighted by atomic mass is 10.2.